The van der Waals surface area contributed by atoms with Crippen LogP contribution in [-0.2, 0) is 9.59 Å². The van der Waals surface area contributed by atoms with E-state index >= 15 is 0 Å². The van der Waals surface area contributed by atoms with Crippen LogP contribution in [0.1, 0.15) is 175 Å². The number of rotatable bonds is 28. The highest BCUT2D eigenvalue weighted by Crippen LogP contribution is 2.30. The first-order valence-corrected chi connectivity index (χ1v) is 16.5. The average Bonchev–Trinajstić information content (AvgIpc) is 2.88. The molecule has 0 amide bonds. The zero-order chi connectivity index (χ0) is 28.7. The Bertz CT molecular complexity index is 586. The quantitative estimate of drug-likeness (QED) is 0.0449. The molecule has 0 heterocycles. The van der Waals surface area contributed by atoms with Crippen LogP contribution in [0.5, 0.6) is 0 Å². The molecule has 5 heteroatoms. The summed E-state index contributed by atoms with van der Waals surface area (Å²) in [5.41, 5.74) is -2.09. The Morgan fingerprint density at radius 3 is 1.18 bits per heavy atom. The molecule has 0 aliphatic heterocycles. The SMILES string of the molecule is CCCCCCCCCCCCCC(=O)C(C)C(O)(C(=O)CCCCCCCCCCCCC)[N+](C)(C)O. The van der Waals surface area contributed by atoms with Crippen molar-refractivity contribution in [3.8, 4) is 0 Å². The number of carbonyl (C=O) groups is 2. The van der Waals surface area contributed by atoms with E-state index in [-0.39, 0.29) is 12.2 Å². The van der Waals surface area contributed by atoms with Gasteiger partial charge in [-0.05, 0) is 19.8 Å². The highest BCUT2D eigenvalue weighted by molar-refractivity contribution is 5.93. The van der Waals surface area contributed by atoms with Crippen LogP contribution in [0.15, 0.2) is 0 Å². The van der Waals surface area contributed by atoms with Crippen molar-refractivity contribution in [1.82, 2.24) is 0 Å². The van der Waals surface area contributed by atoms with Crippen molar-refractivity contribution < 1.29 is 24.5 Å². The molecule has 0 aromatic carbocycles. The van der Waals surface area contributed by atoms with Crippen molar-refractivity contribution >= 4 is 11.6 Å². The van der Waals surface area contributed by atoms with E-state index in [1.165, 1.54) is 117 Å². The van der Waals surface area contributed by atoms with Gasteiger partial charge in [-0.1, -0.05) is 142 Å². The number of nitrogens with zero attached hydrogens (tertiary/aromatic N) is 1. The second-order valence-corrected chi connectivity index (χ2v) is 12.3. The summed E-state index contributed by atoms with van der Waals surface area (Å²) in [6, 6.07) is 0. The summed E-state index contributed by atoms with van der Waals surface area (Å²) in [4.78, 5) is 26.0. The number of hydroxylamine groups is 3. The van der Waals surface area contributed by atoms with Gasteiger partial charge in [0.05, 0.1) is 0 Å². The van der Waals surface area contributed by atoms with Crippen LogP contribution in [0.2, 0.25) is 0 Å². The summed E-state index contributed by atoms with van der Waals surface area (Å²) in [6.45, 7) is 6.09. The van der Waals surface area contributed by atoms with E-state index in [9.17, 15) is 19.9 Å². The minimum absolute atomic E-state index is 0.129. The number of hydrogen-bond donors (Lipinski definition) is 2. The molecule has 0 aliphatic rings. The molecule has 0 spiro atoms. The van der Waals surface area contributed by atoms with Gasteiger partial charge in [0.25, 0.3) is 5.72 Å². The van der Waals surface area contributed by atoms with Crippen LogP contribution >= 0.6 is 0 Å². The Hall–Kier alpha value is -0.780. The predicted molar refractivity (Wildman–Crippen MR) is 160 cm³/mol. The Labute approximate surface area is 236 Å². The van der Waals surface area contributed by atoms with Crippen LogP contribution in [0.3, 0.4) is 0 Å². The summed E-state index contributed by atoms with van der Waals surface area (Å²) < 4.78 is -0.922. The van der Waals surface area contributed by atoms with E-state index in [1.807, 2.05) is 0 Å². The fourth-order valence-electron chi connectivity index (χ4n) is 5.56. The minimum Gasteiger partial charge on any atom is -0.334 e. The van der Waals surface area contributed by atoms with Crippen molar-refractivity contribution in [2.45, 2.75) is 181 Å². The van der Waals surface area contributed by atoms with Gasteiger partial charge >= 0.3 is 0 Å². The van der Waals surface area contributed by atoms with Crippen molar-refractivity contribution in [3.63, 3.8) is 0 Å². The summed E-state index contributed by atoms with van der Waals surface area (Å²) in [6.07, 6.45) is 27.0. The van der Waals surface area contributed by atoms with Gasteiger partial charge in [-0.25, -0.2) is 5.21 Å². The third-order valence-corrected chi connectivity index (χ3v) is 8.37. The van der Waals surface area contributed by atoms with Gasteiger partial charge in [0.2, 0.25) is 5.78 Å². The number of Topliss-reactive ketones (excluding diaryl/α,β-unsaturated/α-hetero) is 2. The second-order valence-electron chi connectivity index (χ2n) is 12.3. The highest BCUT2D eigenvalue weighted by Gasteiger charge is 2.57. The third-order valence-electron chi connectivity index (χ3n) is 8.37. The first kappa shape index (κ1) is 37.2. The van der Waals surface area contributed by atoms with Crippen molar-refractivity contribution in [2.24, 2.45) is 5.92 Å². The molecule has 0 saturated carbocycles. The summed E-state index contributed by atoms with van der Waals surface area (Å²) in [5.74, 6) is -1.47. The lowest BCUT2D eigenvalue weighted by molar-refractivity contribution is -1.12. The van der Waals surface area contributed by atoms with E-state index < -0.39 is 22.1 Å². The topological polar surface area (TPSA) is 74.6 Å². The summed E-state index contributed by atoms with van der Waals surface area (Å²) >= 11 is 0. The number of likely N-dealkylation sites (N-methyl/N-ethyl adjacent to an activating group) is 1. The van der Waals surface area contributed by atoms with Gasteiger partial charge in [0.1, 0.15) is 25.8 Å². The third kappa shape index (κ3) is 16.4. The maximum Gasteiger partial charge on any atom is 0.300 e. The van der Waals surface area contributed by atoms with Crippen molar-refractivity contribution in [2.75, 3.05) is 14.1 Å². The molecule has 0 radical (unpaired) electrons. The number of quaternary nitrogens is 1. The number of carbonyl (C=O) groups excluding carboxylic acids is 2. The molecule has 0 aliphatic carbocycles. The van der Waals surface area contributed by atoms with Gasteiger partial charge in [-0.2, -0.15) is 4.65 Å². The van der Waals surface area contributed by atoms with Crippen LogP contribution in [0.25, 0.3) is 0 Å². The molecule has 226 valence electrons. The van der Waals surface area contributed by atoms with Gasteiger partial charge in [-0.15, -0.1) is 0 Å². The fraction of sp³-hybridized carbons (Fsp3) is 0.939. The molecule has 0 fully saturated rings. The molecular weight excluding hydrogens is 474 g/mol. The summed E-state index contributed by atoms with van der Waals surface area (Å²) in [7, 11) is 2.79. The van der Waals surface area contributed by atoms with E-state index in [0.717, 1.165) is 32.1 Å². The van der Waals surface area contributed by atoms with Crippen LogP contribution in [-0.4, -0.2) is 46.3 Å². The molecule has 38 heavy (non-hydrogen) atoms. The Morgan fingerprint density at radius 2 is 0.868 bits per heavy atom. The Kier molecular flexibility index (Phi) is 22.5. The van der Waals surface area contributed by atoms with Gasteiger partial charge in [0, 0.05) is 12.8 Å². The first-order valence-electron chi connectivity index (χ1n) is 16.5. The molecule has 2 N–H and O–H groups in total. The lowest BCUT2D eigenvalue weighted by atomic mass is 9.84. The second kappa shape index (κ2) is 23.0. The smallest absolute Gasteiger partial charge is 0.300 e. The lowest BCUT2D eigenvalue weighted by Gasteiger charge is -2.40. The summed E-state index contributed by atoms with van der Waals surface area (Å²) in [5, 5.41) is 22.0. The highest BCUT2D eigenvalue weighted by atomic mass is 16.6. The minimum atomic E-state index is -2.09. The maximum atomic E-state index is 13.1. The van der Waals surface area contributed by atoms with E-state index in [0.29, 0.717) is 12.8 Å². The number of ketones is 2. The van der Waals surface area contributed by atoms with E-state index in [4.69, 9.17) is 0 Å². The van der Waals surface area contributed by atoms with Crippen molar-refractivity contribution in [3.05, 3.63) is 0 Å². The fourth-order valence-corrected chi connectivity index (χ4v) is 5.56. The van der Waals surface area contributed by atoms with Crippen LogP contribution < -0.4 is 0 Å². The molecular formula is C33H66NO4+. The molecule has 0 aromatic rings. The van der Waals surface area contributed by atoms with Crippen LogP contribution in [0.4, 0.5) is 0 Å². The van der Waals surface area contributed by atoms with Crippen LogP contribution in [0, 0.1) is 5.92 Å². The Morgan fingerprint density at radius 1 is 0.579 bits per heavy atom. The van der Waals surface area contributed by atoms with Gasteiger partial charge in [-0.3, -0.25) is 9.59 Å². The monoisotopic (exact) mass is 540 g/mol. The van der Waals surface area contributed by atoms with E-state index in [1.54, 1.807) is 6.92 Å². The molecule has 0 rings (SSSR count). The standard InChI is InChI=1S/C33H66NO4/c1-6-8-10-12-14-16-18-20-22-24-26-28-31(35)30(3)33(37,34(4,5)38)32(36)29-27-25-23-21-19-17-15-13-11-9-7-2/h30,37-38H,6-29H2,1-5H3/q+1. The number of unbranched alkanes of at least 4 members (excludes halogenated alkanes) is 20. The molecule has 5 nitrogen and oxygen atoms in total. The maximum absolute atomic E-state index is 13.1. The lowest BCUT2D eigenvalue weighted by Crippen LogP contribution is -2.67. The predicted octanol–water partition coefficient (Wildman–Crippen LogP) is 9.32. The van der Waals surface area contributed by atoms with Crippen molar-refractivity contribution in [1.29, 1.82) is 0 Å². The zero-order valence-corrected chi connectivity index (χ0v) is 26.2. The van der Waals surface area contributed by atoms with Gasteiger partial charge < -0.3 is 5.11 Å². The number of aliphatic hydroxyl groups is 1. The van der Waals surface area contributed by atoms with Gasteiger partial charge in [0.15, 0.2) is 0 Å². The normalized spacial score (nSPS) is 14.4. The van der Waals surface area contributed by atoms with E-state index in [2.05, 4.69) is 13.8 Å². The molecule has 2 atom stereocenters. The largest absolute Gasteiger partial charge is 0.334 e. The molecule has 0 bridgehead atoms. The molecule has 0 aromatic heterocycles. The Balaban J connectivity index is 4.27. The average molecular weight is 541 g/mol. The zero-order valence-electron chi connectivity index (χ0n) is 26.2. The first-order chi connectivity index (χ1) is 18.1. The molecule has 2 unspecified atom stereocenters. The number of hydrogen-bond acceptors (Lipinski definition) is 4. The molecule has 0 saturated heterocycles.